The number of hydrogen-bond acceptors (Lipinski definition) is 3. The van der Waals surface area contributed by atoms with Crippen LogP contribution in [0.15, 0.2) is 24.3 Å². The molecule has 1 aromatic carbocycles. The number of carbonyl (C=O) groups excluding carboxylic acids is 1. The predicted molar refractivity (Wildman–Crippen MR) is 76.4 cm³/mol. The minimum Gasteiger partial charge on any atom is -0.392 e. The minimum absolute atomic E-state index is 0.0294. The molecular weight excluding hydrogens is 246 g/mol. The van der Waals surface area contributed by atoms with Gasteiger partial charge < -0.3 is 10.4 Å². The summed E-state index contributed by atoms with van der Waals surface area (Å²) < 4.78 is 0.105. The average Bonchev–Trinajstić information content (AvgIpc) is 2.33. The highest BCUT2D eigenvalue weighted by Crippen LogP contribution is 2.22. The standard InChI is InChI=1S/C14H21NO2S/c1-14(2,3)18-10-13(17)15-8-11-5-4-6-12(7-11)9-16/h4-7,16H,8-10H2,1-3H3,(H,15,17). The van der Waals surface area contributed by atoms with Gasteiger partial charge in [0, 0.05) is 11.3 Å². The zero-order valence-electron chi connectivity index (χ0n) is 11.2. The normalized spacial score (nSPS) is 11.3. The molecule has 0 spiro atoms. The third-order valence-corrected chi connectivity index (χ3v) is 3.57. The second kappa shape index (κ2) is 6.81. The lowest BCUT2D eigenvalue weighted by Gasteiger charge is -2.17. The van der Waals surface area contributed by atoms with E-state index >= 15 is 0 Å². The molecule has 0 unspecified atom stereocenters. The Morgan fingerprint density at radius 1 is 1.33 bits per heavy atom. The molecule has 0 radical (unpaired) electrons. The molecule has 0 saturated heterocycles. The number of nitrogens with one attached hydrogen (secondary N) is 1. The first-order valence-electron chi connectivity index (χ1n) is 6.00. The van der Waals surface area contributed by atoms with Gasteiger partial charge in [0.15, 0.2) is 0 Å². The first kappa shape index (κ1) is 15.1. The fourth-order valence-electron chi connectivity index (χ4n) is 1.37. The monoisotopic (exact) mass is 267 g/mol. The average molecular weight is 267 g/mol. The first-order chi connectivity index (χ1) is 8.40. The van der Waals surface area contributed by atoms with Crippen LogP contribution in [0.1, 0.15) is 31.9 Å². The number of carbonyl (C=O) groups is 1. The Balaban J connectivity index is 2.38. The summed E-state index contributed by atoms with van der Waals surface area (Å²) in [6.07, 6.45) is 0. The van der Waals surface area contributed by atoms with E-state index in [2.05, 4.69) is 26.1 Å². The Hall–Kier alpha value is -1.00. The van der Waals surface area contributed by atoms with E-state index in [1.165, 1.54) is 0 Å². The molecule has 0 bridgehead atoms. The van der Waals surface area contributed by atoms with Crippen LogP contribution in [-0.4, -0.2) is 21.5 Å². The van der Waals surface area contributed by atoms with Crippen molar-refractivity contribution < 1.29 is 9.90 Å². The molecular formula is C14H21NO2S. The fraction of sp³-hybridized carbons (Fsp3) is 0.500. The van der Waals surface area contributed by atoms with E-state index in [9.17, 15) is 4.79 Å². The molecule has 0 aromatic heterocycles. The number of aliphatic hydroxyl groups is 1. The Bertz CT molecular complexity index is 399. The third kappa shape index (κ3) is 6.07. The fourth-order valence-corrected chi connectivity index (χ4v) is 2.04. The molecule has 0 aliphatic rings. The highest BCUT2D eigenvalue weighted by Gasteiger charge is 2.12. The van der Waals surface area contributed by atoms with Crippen LogP contribution in [-0.2, 0) is 17.9 Å². The number of amides is 1. The van der Waals surface area contributed by atoms with Crippen molar-refractivity contribution in [3.63, 3.8) is 0 Å². The van der Waals surface area contributed by atoms with Crippen molar-refractivity contribution in [1.29, 1.82) is 0 Å². The summed E-state index contributed by atoms with van der Waals surface area (Å²) in [7, 11) is 0. The van der Waals surface area contributed by atoms with Gasteiger partial charge in [-0.1, -0.05) is 45.0 Å². The Kier molecular flexibility index (Phi) is 5.69. The van der Waals surface area contributed by atoms with Gasteiger partial charge >= 0.3 is 0 Å². The molecule has 1 aromatic rings. The highest BCUT2D eigenvalue weighted by atomic mass is 32.2. The molecule has 0 fully saturated rings. The second-order valence-corrected chi connectivity index (χ2v) is 6.96. The van der Waals surface area contributed by atoms with Crippen molar-refractivity contribution in [3.05, 3.63) is 35.4 Å². The zero-order valence-corrected chi connectivity index (χ0v) is 12.0. The summed E-state index contributed by atoms with van der Waals surface area (Å²) in [6, 6.07) is 7.59. The van der Waals surface area contributed by atoms with E-state index in [-0.39, 0.29) is 17.3 Å². The summed E-state index contributed by atoms with van der Waals surface area (Å²) in [5.74, 6) is 0.521. The maximum Gasteiger partial charge on any atom is 0.230 e. The van der Waals surface area contributed by atoms with Gasteiger partial charge in [-0.05, 0) is 11.1 Å². The number of aliphatic hydroxyl groups excluding tert-OH is 1. The molecule has 18 heavy (non-hydrogen) atoms. The molecule has 1 amide bonds. The first-order valence-corrected chi connectivity index (χ1v) is 6.98. The van der Waals surface area contributed by atoms with E-state index in [0.717, 1.165) is 11.1 Å². The van der Waals surface area contributed by atoms with Gasteiger partial charge in [-0.2, -0.15) is 0 Å². The van der Waals surface area contributed by atoms with Crippen molar-refractivity contribution in [3.8, 4) is 0 Å². The van der Waals surface area contributed by atoms with Crippen LogP contribution in [0.3, 0.4) is 0 Å². The van der Waals surface area contributed by atoms with Crippen LogP contribution in [0.5, 0.6) is 0 Å². The minimum atomic E-state index is 0.0294. The van der Waals surface area contributed by atoms with Crippen molar-refractivity contribution >= 4 is 17.7 Å². The molecule has 0 aliphatic heterocycles. The summed E-state index contributed by atoms with van der Waals surface area (Å²) in [5, 5.41) is 11.9. The van der Waals surface area contributed by atoms with Gasteiger partial charge in [0.05, 0.1) is 12.4 Å². The number of thioether (sulfide) groups is 1. The highest BCUT2D eigenvalue weighted by molar-refractivity contribution is 8.01. The van der Waals surface area contributed by atoms with E-state index in [1.54, 1.807) is 11.8 Å². The third-order valence-electron chi connectivity index (χ3n) is 2.30. The summed E-state index contributed by atoms with van der Waals surface area (Å²) in [6.45, 7) is 6.82. The van der Waals surface area contributed by atoms with Crippen molar-refractivity contribution in [2.75, 3.05) is 5.75 Å². The van der Waals surface area contributed by atoms with E-state index in [0.29, 0.717) is 12.3 Å². The van der Waals surface area contributed by atoms with Gasteiger partial charge in [0.1, 0.15) is 0 Å². The molecule has 0 heterocycles. The lowest BCUT2D eigenvalue weighted by atomic mass is 10.1. The lowest BCUT2D eigenvalue weighted by Crippen LogP contribution is -2.26. The zero-order chi connectivity index (χ0) is 13.6. The Labute approximate surface area is 113 Å². The quantitative estimate of drug-likeness (QED) is 0.861. The maximum atomic E-state index is 11.6. The van der Waals surface area contributed by atoms with Crippen LogP contribution >= 0.6 is 11.8 Å². The van der Waals surface area contributed by atoms with Crippen LogP contribution in [0, 0.1) is 0 Å². The Morgan fingerprint density at radius 2 is 2.00 bits per heavy atom. The molecule has 0 atom stereocenters. The SMILES string of the molecule is CC(C)(C)SCC(=O)NCc1cccc(CO)c1. The molecule has 0 saturated carbocycles. The number of rotatable bonds is 5. The van der Waals surface area contributed by atoms with Crippen LogP contribution in [0.25, 0.3) is 0 Å². The number of hydrogen-bond donors (Lipinski definition) is 2. The lowest BCUT2D eigenvalue weighted by molar-refractivity contribution is -0.118. The molecule has 0 aliphatic carbocycles. The predicted octanol–water partition coefficient (Wildman–Crippen LogP) is 2.33. The van der Waals surface area contributed by atoms with Crippen LogP contribution in [0.4, 0.5) is 0 Å². The van der Waals surface area contributed by atoms with Crippen molar-refractivity contribution in [1.82, 2.24) is 5.32 Å². The van der Waals surface area contributed by atoms with E-state index in [1.807, 2.05) is 24.3 Å². The van der Waals surface area contributed by atoms with Gasteiger partial charge in [-0.15, -0.1) is 11.8 Å². The molecule has 1 rings (SSSR count). The second-order valence-electron chi connectivity index (χ2n) is 5.16. The summed E-state index contributed by atoms with van der Waals surface area (Å²) in [5.41, 5.74) is 1.88. The van der Waals surface area contributed by atoms with Gasteiger partial charge in [-0.25, -0.2) is 0 Å². The molecule has 2 N–H and O–H groups in total. The van der Waals surface area contributed by atoms with Crippen LogP contribution < -0.4 is 5.32 Å². The molecule has 4 heteroatoms. The molecule has 100 valence electrons. The van der Waals surface area contributed by atoms with Gasteiger partial charge in [0.2, 0.25) is 5.91 Å². The van der Waals surface area contributed by atoms with E-state index in [4.69, 9.17) is 5.11 Å². The molecule has 3 nitrogen and oxygen atoms in total. The van der Waals surface area contributed by atoms with Gasteiger partial charge in [0.25, 0.3) is 0 Å². The Morgan fingerprint density at radius 3 is 2.61 bits per heavy atom. The topological polar surface area (TPSA) is 49.3 Å². The number of benzene rings is 1. The summed E-state index contributed by atoms with van der Waals surface area (Å²) >= 11 is 1.63. The summed E-state index contributed by atoms with van der Waals surface area (Å²) in [4.78, 5) is 11.6. The van der Waals surface area contributed by atoms with E-state index < -0.39 is 0 Å². The van der Waals surface area contributed by atoms with Crippen molar-refractivity contribution in [2.24, 2.45) is 0 Å². The maximum absolute atomic E-state index is 11.6. The largest absolute Gasteiger partial charge is 0.392 e. The van der Waals surface area contributed by atoms with Crippen molar-refractivity contribution in [2.45, 2.75) is 38.7 Å². The van der Waals surface area contributed by atoms with Gasteiger partial charge in [-0.3, -0.25) is 4.79 Å². The smallest absolute Gasteiger partial charge is 0.230 e. The van der Waals surface area contributed by atoms with Crippen LogP contribution in [0.2, 0.25) is 0 Å².